The van der Waals surface area contributed by atoms with Crippen LogP contribution in [-0.2, 0) is 0 Å². The molecule has 0 amide bonds. The summed E-state index contributed by atoms with van der Waals surface area (Å²) in [5, 5.41) is 7.09. The maximum atomic E-state index is 3.55. The van der Waals surface area contributed by atoms with Crippen molar-refractivity contribution in [2.24, 2.45) is 68.5 Å². The molecule has 2 N–H and O–H groups in total. The third kappa shape index (κ3) is 15.2. The molecule has 0 aromatic rings. The van der Waals surface area contributed by atoms with Crippen LogP contribution in [0.2, 0.25) is 0 Å². The highest BCUT2D eigenvalue weighted by molar-refractivity contribution is 5.33. The van der Waals surface area contributed by atoms with Gasteiger partial charge in [-0.3, -0.25) is 0 Å². The number of rotatable bonds is 3. The van der Waals surface area contributed by atoms with Crippen LogP contribution in [0.15, 0.2) is 22.5 Å². The van der Waals surface area contributed by atoms with Gasteiger partial charge in [-0.1, -0.05) is 129 Å². The first-order valence-electron chi connectivity index (χ1n) is 22.5. The zero-order valence-electron chi connectivity index (χ0n) is 40.6. The van der Waals surface area contributed by atoms with Crippen molar-refractivity contribution in [2.45, 2.75) is 235 Å². The monoisotopic (exact) mass is 739 g/mol. The lowest BCUT2D eigenvalue weighted by Crippen LogP contribution is -2.44. The molecular weight excluding hydrogens is 641 g/mol. The maximum absolute atomic E-state index is 3.55. The van der Waals surface area contributed by atoms with Crippen molar-refractivity contribution in [3.63, 3.8) is 0 Å². The van der Waals surface area contributed by atoms with Crippen LogP contribution < -0.4 is 10.6 Å². The van der Waals surface area contributed by atoms with Crippen LogP contribution in [0.5, 0.6) is 0 Å². The zero-order valence-corrected chi connectivity index (χ0v) is 40.6. The summed E-state index contributed by atoms with van der Waals surface area (Å²) in [6.45, 7) is 53.6. The summed E-state index contributed by atoms with van der Waals surface area (Å²) in [6, 6.07) is 0. The summed E-state index contributed by atoms with van der Waals surface area (Å²) in [4.78, 5) is 0. The van der Waals surface area contributed by atoms with Crippen molar-refractivity contribution in [1.82, 2.24) is 10.6 Å². The molecule has 6 atom stereocenters. The highest BCUT2D eigenvalue weighted by Crippen LogP contribution is 2.58. The predicted molar refractivity (Wildman–Crippen MR) is 239 cm³/mol. The van der Waals surface area contributed by atoms with E-state index in [1.54, 1.807) is 17.6 Å². The van der Waals surface area contributed by atoms with E-state index in [1.807, 2.05) is 0 Å². The van der Waals surface area contributed by atoms with E-state index in [1.165, 1.54) is 69.2 Å². The Balaban J connectivity index is 0.000000245. The number of allylic oxidation sites excluding steroid dienone is 4. The smallest absolute Gasteiger partial charge is 0.0307 e. The molecule has 3 fully saturated rings. The van der Waals surface area contributed by atoms with E-state index in [9.17, 15) is 0 Å². The van der Waals surface area contributed by atoms with Crippen molar-refractivity contribution in [3.05, 3.63) is 22.5 Å². The molecule has 5 aliphatic carbocycles. The molecule has 0 saturated heterocycles. The SMILES string of the molecule is CC(C)(C)C1=C(C(C)(C)C)CC1.CC(C)(C)C1CCC(C(C)(C)C)C1.CC(C)(C)NC1=C(NC(C)(C)C)CC1.CC(C)C1C[C@H]2C[C@@H]1CC2C(C)(C)C. The van der Waals surface area contributed by atoms with Crippen molar-refractivity contribution in [1.29, 1.82) is 0 Å². The zero-order chi connectivity index (χ0) is 41.3. The van der Waals surface area contributed by atoms with Gasteiger partial charge in [-0.25, -0.2) is 0 Å². The molecule has 0 radical (unpaired) electrons. The first-order valence-corrected chi connectivity index (χ1v) is 22.5. The minimum atomic E-state index is 0.181. The third-order valence-corrected chi connectivity index (χ3v) is 13.6. The molecule has 312 valence electrons. The largest absolute Gasteiger partial charge is 0.382 e. The van der Waals surface area contributed by atoms with E-state index < -0.39 is 0 Å². The molecule has 3 saturated carbocycles. The molecule has 2 bridgehead atoms. The highest BCUT2D eigenvalue weighted by atomic mass is 15.0. The Morgan fingerprint density at radius 3 is 1.00 bits per heavy atom. The topological polar surface area (TPSA) is 24.1 Å². The minimum absolute atomic E-state index is 0.181. The highest BCUT2D eigenvalue weighted by Gasteiger charge is 2.49. The Hall–Kier alpha value is -0.920. The Labute approximate surface area is 335 Å². The lowest BCUT2D eigenvalue weighted by Gasteiger charge is -2.40. The van der Waals surface area contributed by atoms with E-state index in [2.05, 4.69) is 170 Å². The Morgan fingerprint density at radius 1 is 0.434 bits per heavy atom. The van der Waals surface area contributed by atoms with Gasteiger partial charge in [0.05, 0.1) is 0 Å². The van der Waals surface area contributed by atoms with E-state index >= 15 is 0 Å². The van der Waals surface area contributed by atoms with Crippen LogP contribution in [0.25, 0.3) is 0 Å². The van der Waals surface area contributed by atoms with E-state index in [-0.39, 0.29) is 11.1 Å². The average molecular weight is 739 g/mol. The van der Waals surface area contributed by atoms with Crippen LogP contribution in [0, 0.1) is 68.5 Å². The van der Waals surface area contributed by atoms with Crippen molar-refractivity contribution in [2.75, 3.05) is 0 Å². The summed E-state index contributed by atoms with van der Waals surface area (Å²) in [6.07, 6.45) is 14.0. The number of fused-ring (bicyclic) bond motifs is 2. The quantitative estimate of drug-likeness (QED) is 0.282. The van der Waals surface area contributed by atoms with Crippen LogP contribution >= 0.6 is 0 Å². The fraction of sp³-hybridized carbons (Fsp3) is 0.922. The number of nitrogens with one attached hydrogen (secondary N) is 2. The molecule has 5 rings (SSSR count). The van der Waals surface area contributed by atoms with Gasteiger partial charge in [0.2, 0.25) is 0 Å². The fourth-order valence-electron chi connectivity index (χ4n) is 10.3. The molecule has 5 aliphatic rings. The molecule has 2 nitrogen and oxygen atoms in total. The van der Waals surface area contributed by atoms with Gasteiger partial charge in [-0.15, -0.1) is 0 Å². The first-order chi connectivity index (χ1) is 23.5. The Kier molecular flexibility index (Phi) is 15.7. The van der Waals surface area contributed by atoms with Crippen molar-refractivity contribution >= 4 is 0 Å². The molecule has 0 aliphatic heterocycles. The Bertz CT molecular complexity index is 1140. The molecule has 0 aromatic carbocycles. The van der Waals surface area contributed by atoms with Gasteiger partial charge in [0, 0.05) is 22.5 Å². The molecule has 0 aromatic heterocycles. The molecule has 0 heterocycles. The summed E-state index contributed by atoms with van der Waals surface area (Å²) in [7, 11) is 0. The normalized spacial score (nSPS) is 27.9. The second-order valence-corrected chi connectivity index (χ2v) is 26.2. The van der Waals surface area contributed by atoms with E-state index in [0.717, 1.165) is 41.4 Å². The van der Waals surface area contributed by atoms with Gasteiger partial charge in [-0.05, 0) is 174 Å². The van der Waals surface area contributed by atoms with Crippen molar-refractivity contribution in [3.8, 4) is 0 Å². The second-order valence-electron chi connectivity index (χ2n) is 26.2. The van der Waals surface area contributed by atoms with Crippen LogP contribution in [0.3, 0.4) is 0 Å². The summed E-state index contributed by atoms with van der Waals surface area (Å²) in [5.41, 5.74) is 8.98. The van der Waals surface area contributed by atoms with Gasteiger partial charge in [-0.2, -0.15) is 0 Å². The first kappa shape index (κ1) is 48.2. The molecule has 4 unspecified atom stereocenters. The third-order valence-electron chi connectivity index (χ3n) is 13.6. The van der Waals surface area contributed by atoms with Crippen LogP contribution in [0.4, 0.5) is 0 Å². The molecule has 0 spiro atoms. The Morgan fingerprint density at radius 2 is 0.811 bits per heavy atom. The summed E-state index contributed by atoms with van der Waals surface area (Å²) in [5.74, 6) is 7.04. The maximum Gasteiger partial charge on any atom is 0.0307 e. The van der Waals surface area contributed by atoms with Gasteiger partial charge in [0.1, 0.15) is 0 Å². The minimum Gasteiger partial charge on any atom is -0.382 e. The van der Waals surface area contributed by atoms with Gasteiger partial charge < -0.3 is 10.6 Å². The number of hydrogen-bond donors (Lipinski definition) is 2. The van der Waals surface area contributed by atoms with Gasteiger partial charge >= 0.3 is 0 Å². The fourth-order valence-corrected chi connectivity index (χ4v) is 10.3. The van der Waals surface area contributed by atoms with Gasteiger partial charge in [0.25, 0.3) is 0 Å². The van der Waals surface area contributed by atoms with E-state index in [4.69, 9.17) is 0 Å². The lowest BCUT2D eigenvalue weighted by atomic mass is 9.65. The summed E-state index contributed by atoms with van der Waals surface area (Å²) >= 11 is 0. The molecule has 53 heavy (non-hydrogen) atoms. The molecule has 2 heteroatoms. The summed E-state index contributed by atoms with van der Waals surface area (Å²) < 4.78 is 0. The van der Waals surface area contributed by atoms with Crippen molar-refractivity contribution < 1.29 is 0 Å². The van der Waals surface area contributed by atoms with Crippen LogP contribution in [0.1, 0.15) is 223 Å². The van der Waals surface area contributed by atoms with E-state index in [0.29, 0.717) is 27.1 Å². The number of hydrogen-bond acceptors (Lipinski definition) is 2. The lowest BCUT2D eigenvalue weighted by molar-refractivity contribution is 0.119. The second kappa shape index (κ2) is 17.3. The van der Waals surface area contributed by atoms with Gasteiger partial charge in [0.15, 0.2) is 0 Å². The predicted octanol–water partition coefficient (Wildman–Crippen LogP) is 15.8. The van der Waals surface area contributed by atoms with Crippen LogP contribution in [-0.4, -0.2) is 11.1 Å². The average Bonchev–Trinajstić information content (AvgIpc) is 3.63. The molecular formula is C51H98N2. The standard InChI is InChI=1S/C14H26.C13H26.C12H24N2.C12H22/c1-9(2)12-7-11-6-10(12)8-13(11)14(3,4)5;1-12(2,3)10-7-8-11(9-10)13(4,5)6;1-11(2,3)13-9-7-8-10(9)14-12(4,5)6;1-11(2,3)9-7-8-10(9)12(4,5)6/h9-13H,6-8H2,1-5H3;10-11H,7-9H2,1-6H3;13-14H,7-8H2,1-6H3;7-8H2,1-6H3/t10-,11-,12?,13?;;;/m1.../s1.